The first-order valence-electron chi connectivity index (χ1n) is 8.34. The Labute approximate surface area is 139 Å². The Morgan fingerprint density at radius 2 is 2.30 bits per heavy atom. The molecule has 0 radical (unpaired) electrons. The Balaban J connectivity index is 2.02. The summed E-state index contributed by atoms with van der Waals surface area (Å²) in [5.41, 5.74) is 2.30. The quantitative estimate of drug-likeness (QED) is 0.646. The van der Waals surface area contributed by atoms with Gasteiger partial charge in [-0.15, -0.1) is 0 Å². The van der Waals surface area contributed by atoms with Gasteiger partial charge in [0.1, 0.15) is 5.75 Å². The van der Waals surface area contributed by atoms with Gasteiger partial charge in [0, 0.05) is 32.7 Å². The van der Waals surface area contributed by atoms with Crippen LogP contribution in [0.5, 0.6) is 5.75 Å². The Kier molecular flexibility index (Phi) is 6.71. The van der Waals surface area contributed by atoms with E-state index in [0.29, 0.717) is 12.5 Å². The molecule has 1 N–H and O–H groups in total. The summed E-state index contributed by atoms with van der Waals surface area (Å²) >= 11 is 0. The highest BCUT2D eigenvalue weighted by Crippen LogP contribution is 2.19. The average Bonchev–Trinajstić information content (AvgIpc) is 3.05. The molecule has 1 saturated heterocycles. The summed E-state index contributed by atoms with van der Waals surface area (Å²) in [5.74, 6) is 2.46. The monoisotopic (exact) mass is 319 g/mol. The van der Waals surface area contributed by atoms with Gasteiger partial charge in [-0.25, -0.2) is 4.99 Å². The maximum atomic E-state index is 5.46. The van der Waals surface area contributed by atoms with Crippen LogP contribution in [-0.4, -0.2) is 51.3 Å². The molecule has 0 aromatic heterocycles. The number of guanidine groups is 1. The lowest BCUT2D eigenvalue weighted by Gasteiger charge is -2.24. The summed E-state index contributed by atoms with van der Waals surface area (Å²) in [4.78, 5) is 6.97. The highest BCUT2D eigenvalue weighted by atomic mass is 16.5. The predicted molar refractivity (Wildman–Crippen MR) is 94.1 cm³/mol. The van der Waals surface area contributed by atoms with Crippen molar-refractivity contribution in [2.75, 3.05) is 40.5 Å². The van der Waals surface area contributed by atoms with Crippen LogP contribution >= 0.6 is 0 Å². The molecule has 0 saturated carbocycles. The van der Waals surface area contributed by atoms with Crippen LogP contribution in [-0.2, 0) is 11.3 Å². The van der Waals surface area contributed by atoms with Gasteiger partial charge >= 0.3 is 0 Å². The van der Waals surface area contributed by atoms with E-state index in [-0.39, 0.29) is 0 Å². The topological polar surface area (TPSA) is 46.1 Å². The number of hydrogen-bond acceptors (Lipinski definition) is 3. The third kappa shape index (κ3) is 5.13. The van der Waals surface area contributed by atoms with E-state index in [1.165, 1.54) is 0 Å². The molecule has 1 aromatic carbocycles. The van der Waals surface area contributed by atoms with Crippen LogP contribution in [0.4, 0.5) is 0 Å². The molecule has 5 heteroatoms. The molecule has 128 valence electrons. The smallest absolute Gasteiger partial charge is 0.193 e. The molecular weight excluding hydrogens is 290 g/mol. The third-order valence-electron chi connectivity index (χ3n) is 4.14. The maximum absolute atomic E-state index is 5.46. The number of hydrogen-bond donors (Lipinski definition) is 1. The van der Waals surface area contributed by atoms with E-state index in [1.807, 2.05) is 6.92 Å². The molecule has 0 bridgehead atoms. The summed E-state index contributed by atoms with van der Waals surface area (Å²) in [7, 11) is 3.80. The van der Waals surface area contributed by atoms with Crippen molar-refractivity contribution in [3.8, 4) is 5.75 Å². The molecule has 1 atom stereocenters. The first kappa shape index (κ1) is 17.6. The van der Waals surface area contributed by atoms with E-state index in [0.717, 1.165) is 55.6 Å². The molecule has 23 heavy (non-hydrogen) atoms. The summed E-state index contributed by atoms with van der Waals surface area (Å²) in [6, 6.07) is 6.25. The molecule has 1 aliphatic heterocycles. The standard InChI is InChI=1S/C18H29N3O2/c1-5-19-18(21(3)12-16-8-9-23-13-16)20-11-15-7-6-14(2)17(10-15)22-4/h6-7,10,16H,5,8-9,11-13H2,1-4H3,(H,19,20). The molecule has 1 aliphatic rings. The van der Waals surface area contributed by atoms with Crippen LogP contribution in [0, 0.1) is 12.8 Å². The van der Waals surface area contributed by atoms with Crippen LogP contribution < -0.4 is 10.1 Å². The fourth-order valence-corrected chi connectivity index (χ4v) is 2.80. The molecule has 2 rings (SSSR count). The number of ether oxygens (including phenoxy) is 2. The van der Waals surface area contributed by atoms with Crippen molar-refractivity contribution in [3.05, 3.63) is 29.3 Å². The van der Waals surface area contributed by atoms with Gasteiger partial charge in [0.05, 0.1) is 20.3 Å². The zero-order valence-corrected chi connectivity index (χ0v) is 14.8. The fourth-order valence-electron chi connectivity index (χ4n) is 2.80. The maximum Gasteiger partial charge on any atom is 0.193 e. The lowest BCUT2D eigenvalue weighted by Crippen LogP contribution is -2.41. The highest BCUT2D eigenvalue weighted by Gasteiger charge is 2.19. The Morgan fingerprint density at radius 3 is 2.96 bits per heavy atom. The van der Waals surface area contributed by atoms with Gasteiger partial charge in [0.15, 0.2) is 5.96 Å². The SMILES string of the molecule is CCNC(=NCc1ccc(C)c(OC)c1)N(C)CC1CCOC1. The zero-order chi connectivity index (χ0) is 16.7. The normalized spacial score (nSPS) is 18.1. The van der Waals surface area contributed by atoms with Crippen molar-refractivity contribution in [2.24, 2.45) is 10.9 Å². The highest BCUT2D eigenvalue weighted by molar-refractivity contribution is 5.79. The van der Waals surface area contributed by atoms with Gasteiger partial charge in [-0.05, 0) is 37.5 Å². The molecule has 1 heterocycles. The second-order valence-electron chi connectivity index (χ2n) is 6.08. The van der Waals surface area contributed by atoms with Crippen molar-refractivity contribution < 1.29 is 9.47 Å². The van der Waals surface area contributed by atoms with E-state index in [2.05, 4.69) is 42.4 Å². The number of methoxy groups -OCH3 is 1. The van der Waals surface area contributed by atoms with E-state index in [9.17, 15) is 0 Å². The van der Waals surface area contributed by atoms with Crippen LogP contribution in [0.25, 0.3) is 0 Å². The Bertz CT molecular complexity index is 525. The van der Waals surface area contributed by atoms with Gasteiger partial charge < -0.3 is 19.7 Å². The summed E-state index contributed by atoms with van der Waals surface area (Å²) < 4.78 is 10.9. The molecule has 0 spiro atoms. The minimum atomic E-state index is 0.600. The first-order chi connectivity index (χ1) is 11.1. The van der Waals surface area contributed by atoms with Gasteiger partial charge in [0.25, 0.3) is 0 Å². The molecule has 0 aliphatic carbocycles. The average molecular weight is 319 g/mol. The molecule has 5 nitrogen and oxygen atoms in total. The first-order valence-corrected chi connectivity index (χ1v) is 8.34. The number of rotatable bonds is 6. The predicted octanol–water partition coefficient (Wildman–Crippen LogP) is 2.44. The summed E-state index contributed by atoms with van der Waals surface area (Å²) in [6.07, 6.45) is 1.14. The van der Waals surface area contributed by atoms with E-state index in [4.69, 9.17) is 14.5 Å². The molecule has 0 amide bonds. The number of aryl methyl sites for hydroxylation is 1. The third-order valence-corrected chi connectivity index (χ3v) is 4.14. The van der Waals surface area contributed by atoms with Gasteiger partial charge in [0.2, 0.25) is 0 Å². The second-order valence-corrected chi connectivity index (χ2v) is 6.08. The second kappa shape index (κ2) is 8.77. The minimum absolute atomic E-state index is 0.600. The van der Waals surface area contributed by atoms with Crippen molar-refractivity contribution in [3.63, 3.8) is 0 Å². The minimum Gasteiger partial charge on any atom is -0.496 e. The van der Waals surface area contributed by atoms with E-state index >= 15 is 0 Å². The number of nitrogens with one attached hydrogen (secondary N) is 1. The van der Waals surface area contributed by atoms with Crippen LogP contribution in [0.3, 0.4) is 0 Å². The van der Waals surface area contributed by atoms with Crippen molar-refractivity contribution in [1.82, 2.24) is 10.2 Å². The number of aliphatic imine (C=N–C) groups is 1. The van der Waals surface area contributed by atoms with E-state index < -0.39 is 0 Å². The van der Waals surface area contributed by atoms with Crippen molar-refractivity contribution in [2.45, 2.75) is 26.8 Å². The van der Waals surface area contributed by atoms with Crippen LogP contribution in [0.2, 0.25) is 0 Å². The van der Waals surface area contributed by atoms with Gasteiger partial charge in [-0.1, -0.05) is 12.1 Å². The Morgan fingerprint density at radius 1 is 1.48 bits per heavy atom. The zero-order valence-electron chi connectivity index (χ0n) is 14.8. The van der Waals surface area contributed by atoms with Crippen LogP contribution in [0.15, 0.2) is 23.2 Å². The number of nitrogens with zero attached hydrogens (tertiary/aromatic N) is 2. The lowest BCUT2D eigenvalue weighted by atomic mass is 10.1. The van der Waals surface area contributed by atoms with Crippen molar-refractivity contribution >= 4 is 5.96 Å². The molecule has 1 aromatic rings. The molecular formula is C18H29N3O2. The fraction of sp³-hybridized carbons (Fsp3) is 0.611. The Hall–Kier alpha value is -1.75. The van der Waals surface area contributed by atoms with Crippen molar-refractivity contribution in [1.29, 1.82) is 0 Å². The van der Waals surface area contributed by atoms with E-state index in [1.54, 1.807) is 7.11 Å². The van der Waals surface area contributed by atoms with Gasteiger partial charge in [-0.2, -0.15) is 0 Å². The molecule has 1 unspecified atom stereocenters. The van der Waals surface area contributed by atoms with Crippen LogP contribution in [0.1, 0.15) is 24.5 Å². The molecule has 1 fully saturated rings. The summed E-state index contributed by atoms with van der Waals surface area (Å²) in [5, 5.41) is 3.37. The largest absolute Gasteiger partial charge is 0.496 e. The lowest BCUT2D eigenvalue weighted by molar-refractivity contribution is 0.181. The van der Waals surface area contributed by atoms with Gasteiger partial charge in [-0.3, -0.25) is 0 Å². The number of benzene rings is 1. The summed E-state index contributed by atoms with van der Waals surface area (Å²) in [6.45, 7) is 8.37.